The number of carbonyl (C=O) groups excluding carboxylic acids is 2. The van der Waals surface area contributed by atoms with Crippen LogP contribution in [0.1, 0.15) is 49.3 Å². The van der Waals surface area contributed by atoms with Crippen LogP contribution in [0.25, 0.3) is 0 Å². The van der Waals surface area contributed by atoms with Crippen molar-refractivity contribution < 1.29 is 23.5 Å². The van der Waals surface area contributed by atoms with Gasteiger partial charge in [0, 0.05) is 0 Å². The summed E-state index contributed by atoms with van der Waals surface area (Å²) >= 11 is 1.39. The molecule has 112 valence electrons. The van der Waals surface area contributed by atoms with Crippen LogP contribution in [0.3, 0.4) is 0 Å². The smallest absolute Gasteiger partial charge is 0.373 e. The lowest BCUT2D eigenvalue weighted by atomic mass is 10.2. The minimum absolute atomic E-state index is 0.0547. The van der Waals surface area contributed by atoms with E-state index in [1.807, 2.05) is 27.7 Å². The second kappa shape index (κ2) is 6.83. The van der Waals surface area contributed by atoms with Crippen molar-refractivity contribution >= 4 is 23.7 Å². The molecule has 0 aliphatic heterocycles. The van der Waals surface area contributed by atoms with Crippen LogP contribution < -0.4 is 0 Å². The molecule has 1 aromatic rings. The van der Waals surface area contributed by atoms with Crippen LogP contribution in [-0.2, 0) is 14.3 Å². The number of thioether (sulfide) groups is 1. The zero-order chi connectivity index (χ0) is 15.3. The molecule has 0 saturated carbocycles. The Morgan fingerprint density at radius 1 is 1.35 bits per heavy atom. The monoisotopic (exact) mass is 300 g/mol. The van der Waals surface area contributed by atoms with Crippen LogP contribution in [-0.4, -0.2) is 30.4 Å². The molecule has 0 N–H and O–H groups in total. The molecular weight excluding hydrogens is 280 g/mol. The first-order valence-corrected chi connectivity index (χ1v) is 7.29. The molecule has 0 aliphatic rings. The maximum Gasteiger partial charge on any atom is 0.373 e. The number of furan rings is 1. The molecule has 1 aromatic heterocycles. The van der Waals surface area contributed by atoms with E-state index in [1.54, 1.807) is 12.1 Å². The largest absolute Gasteiger partial charge is 0.463 e. The second-order valence-corrected chi connectivity index (χ2v) is 6.56. The molecule has 0 saturated heterocycles. The number of esters is 2. The Labute approximate surface area is 123 Å². The molecular formula is C14H20O5S. The predicted octanol–water partition coefficient (Wildman–Crippen LogP) is 3.20. The van der Waals surface area contributed by atoms with Crippen molar-refractivity contribution in [3.63, 3.8) is 0 Å². The first-order valence-electron chi connectivity index (χ1n) is 6.24. The topological polar surface area (TPSA) is 65.7 Å². The van der Waals surface area contributed by atoms with Crippen molar-refractivity contribution in [3.05, 3.63) is 23.7 Å². The molecule has 0 fully saturated rings. The van der Waals surface area contributed by atoms with E-state index in [0.717, 1.165) is 0 Å². The fourth-order valence-corrected chi connectivity index (χ4v) is 2.16. The lowest BCUT2D eigenvalue weighted by Crippen LogP contribution is -2.25. The second-order valence-electron chi connectivity index (χ2n) is 5.23. The van der Waals surface area contributed by atoms with Gasteiger partial charge in [0.25, 0.3) is 0 Å². The SMILES string of the molecule is COC(=O)c1ccc(C(C)SCC(=O)OC(C)(C)C)o1. The van der Waals surface area contributed by atoms with Gasteiger partial charge in [-0.3, -0.25) is 4.79 Å². The third kappa shape index (κ3) is 5.28. The van der Waals surface area contributed by atoms with E-state index in [4.69, 9.17) is 9.15 Å². The Kier molecular flexibility index (Phi) is 5.68. The summed E-state index contributed by atoms with van der Waals surface area (Å²) in [6.45, 7) is 7.38. The summed E-state index contributed by atoms with van der Waals surface area (Å²) in [7, 11) is 1.30. The third-order valence-corrected chi connectivity index (χ3v) is 3.42. The molecule has 0 aliphatic carbocycles. The van der Waals surface area contributed by atoms with Gasteiger partial charge in [0.2, 0.25) is 5.76 Å². The van der Waals surface area contributed by atoms with Crippen LogP contribution in [0.15, 0.2) is 16.5 Å². The predicted molar refractivity (Wildman–Crippen MR) is 76.8 cm³/mol. The highest BCUT2D eigenvalue weighted by Gasteiger charge is 2.19. The van der Waals surface area contributed by atoms with Gasteiger partial charge in [-0.1, -0.05) is 0 Å². The Morgan fingerprint density at radius 2 is 2.00 bits per heavy atom. The molecule has 1 rings (SSSR count). The van der Waals surface area contributed by atoms with E-state index in [1.165, 1.54) is 18.9 Å². The van der Waals surface area contributed by atoms with Crippen molar-refractivity contribution in [1.82, 2.24) is 0 Å². The molecule has 1 atom stereocenters. The normalized spacial score (nSPS) is 12.8. The van der Waals surface area contributed by atoms with E-state index in [9.17, 15) is 9.59 Å². The van der Waals surface area contributed by atoms with Crippen LogP contribution in [0, 0.1) is 0 Å². The van der Waals surface area contributed by atoms with Crippen LogP contribution in [0.4, 0.5) is 0 Å². The van der Waals surface area contributed by atoms with Gasteiger partial charge in [0.15, 0.2) is 0 Å². The standard InChI is InChI=1S/C14H20O5S/c1-9(20-8-12(15)19-14(2,3)4)10-6-7-11(18-10)13(16)17-5/h6-7,9H,8H2,1-5H3. The number of hydrogen-bond acceptors (Lipinski definition) is 6. The zero-order valence-corrected chi connectivity index (χ0v) is 13.2. The summed E-state index contributed by atoms with van der Waals surface area (Å²) in [5, 5.41) is -0.0547. The van der Waals surface area contributed by atoms with Crippen LogP contribution in [0.5, 0.6) is 0 Å². The molecule has 6 heteroatoms. The zero-order valence-electron chi connectivity index (χ0n) is 12.4. The van der Waals surface area contributed by atoms with Crippen molar-refractivity contribution in [2.24, 2.45) is 0 Å². The molecule has 1 unspecified atom stereocenters. The summed E-state index contributed by atoms with van der Waals surface area (Å²) in [5.74, 6) is 0.230. The number of rotatable bonds is 5. The minimum Gasteiger partial charge on any atom is -0.463 e. The van der Waals surface area contributed by atoms with Gasteiger partial charge in [-0.05, 0) is 39.8 Å². The maximum atomic E-state index is 11.6. The average Bonchev–Trinajstić information content (AvgIpc) is 2.82. The van der Waals surface area contributed by atoms with Crippen LogP contribution in [0.2, 0.25) is 0 Å². The summed E-state index contributed by atoms with van der Waals surface area (Å²) < 4.78 is 15.2. The quantitative estimate of drug-likeness (QED) is 0.778. The van der Waals surface area contributed by atoms with Gasteiger partial charge >= 0.3 is 11.9 Å². The fourth-order valence-electron chi connectivity index (χ4n) is 1.43. The third-order valence-electron chi connectivity index (χ3n) is 2.29. The number of hydrogen-bond donors (Lipinski definition) is 0. The first kappa shape index (κ1) is 16.6. The van der Waals surface area contributed by atoms with Gasteiger partial charge in [0.05, 0.1) is 18.1 Å². The van der Waals surface area contributed by atoms with Gasteiger partial charge in [0.1, 0.15) is 11.4 Å². The molecule has 0 bridgehead atoms. The summed E-state index contributed by atoms with van der Waals surface area (Å²) in [6.07, 6.45) is 0. The first-order chi connectivity index (χ1) is 9.23. The van der Waals surface area contributed by atoms with E-state index >= 15 is 0 Å². The van der Waals surface area contributed by atoms with Gasteiger partial charge in [-0.15, -0.1) is 11.8 Å². The molecule has 0 aromatic carbocycles. The highest BCUT2D eigenvalue weighted by Crippen LogP contribution is 2.30. The number of ether oxygens (including phenoxy) is 2. The summed E-state index contributed by atoms with van der Waals surface area (Å²) in [5.41, 5.74) is -0.483. The van der Waals surface area contributed by atoms with Crippen molar-refractivity contribution in [2.45, 2.75) is 38.5 Å². The molecule has 0 radical (unpaired) electrons. The summed E-state index contributed by atoms with van der Waals surface area (Å²) in [6, 6.07) is 3.27. The number of carbonyl (C=O) groups is 2. The molecule has 20 heavy (non-hydrogen) atoms. The Hall–Kier alpha value is -1.43. The Balaban J connectivity index is 2.51. The number of methoxy groups -OCH3 is 1. The van der Waals surface area contributed by atoms with Gasteiger partial charge in [-0.25, -0.2) is 4.79 Å². The lowest BCUT2D eigenvalue weighted by Gasteiger charge is -2.19. The van der Waals surface area contributed by atoms with E-state index in [0.29, 0.717) is 5.76 Å². The van der Waals surface area contributed by atoms with E-state index in [2.05, 4.69) is 4.74 Å². The Bertz CT molecular complexity index is 472. The fraction of sp³-hybridized carbons (Fsp3) is 0.571. The minimum atomic E-state index is -0.513. The van der Waals surface area contributed by atoms with Crippen molar-refractivity contribution in [3.8, 4) is 0 Å². The highest BCUT2D eigenvalue weighted by molar-refractivity contribution is 8.00. The van der Waals surface area contributed by atoms with E-state index in [-0.39, 0.29) is 22.7 Å². The molecule has 5 nitrogen and oxygen atoms in total. The van der Waals surface area contributed by atoms with Crippen molar-refractivity contribution in [1.29, 1.82) is 0 Å². The van der Waals surface area contributed by atoms with Gasteiger partial charge < -0.3 is 13.9 Å². The van der Waals surface area contributed by atoms with E-state index < -0.39 is 11.6 Å². The average molecular weight is 300 g/mol. The van der Waals surface area contributed by atoms with Crippen molar-refractivity contribution in [2.75, 3.05) is 12.9 Å². The molecule has 1 heterocycles. The highest BCUT2D eigenvalue weighted by atomic mass is 32.2. The maximum absolute atomic E-state index is 11.6. The molecule has 0 spiro atoms. The summed E-state index contributed by atoms with van der Waals surface area (Å²) in [4.78, 5) is 22.9. The Morgan fingerprint density at radius 3 is 2.55 bits per heavy atom. The molecule has 0 amide bonds. The van der Waals surface area contributed by atoms with Crippen LogP contribution >= 0.6 is 11.8 Å². The van der Waals surface area contributed by atoms with Gasteiger partial charge in [-0.2, -0.15) is 0 Å². The lowest BCUT2D eigenvalue weighted by molar-refractivity contribution is -0.151.